The Labute approximate surface area is 128 Å². The molecule has 0 spiro atoms. The maximum atomic E-state index is 12.6. The molecule has 1 aliphatic rings. The molecule has 3 nitrogen and oxygen atoms in total. The van der Waals surface area contributed by atoms with Crippen LogP contribution in [-0.2, 0) is 0 Å². The molecule has 106 valence electrons. The number of imide groups is 1. The summed E-state index contributed by atoms with van der Waals surface area (Å²) in [5.41, 5.74) is 1.86. The lowest BCUT2D eigenvalue weighted by molar-refractivity contribution is 0.0578. The van der Waals surface area contributed by atoms with Gasteiger partial charge in [-0.25, -0.2) is 0 Å². The van der Waals surface area contributed by atoms with E-state index in [-0.39, 0.29) is 17.9 Å². The largest absolute Gasteiger partial charge is 0.269 e. The van der Waals surface area contributed by atoms with E-state index in [1.54, 1.807) is 24.3 Å². The van der Waals surface area contributed by atoms with Crippen molar-refractivity contribution in [3.8, 4) is 0 Å². The number of hydrogen-bond donors (Lipinski definition) is 0. The summed E-state index contributed by atoms with van der Waals surface area (Å²) in [5, 5.41) is 0. The molecule has 1 unspecified atom stereocenters. The average Bonchev–Trinajstić information content (AvgIpc) is 2.78. The van der Waals surface area contributed by atoms with Gasteiger partial charge in [0.05, 0.1) is 17.2 Å². The molecule has 0 aliphatic carbocycles. The predicted octanol–water partition coefficient (Wildman–Crippen LogP) is 3.65. The quantitative estimate of drug-likeness (QED) is 0.638. The Kier molecular flexibility index (Phi) is 3.76. The van der Waals surface area contributed by atoms with Crippen molar-refractivity contribution in [1.82, 2.24) is 4.90 Å². The Morgan fingerprint density at radius 1 is 0.857 bits per heavy atom. The molecular formula is C17H14ClNO2. The van der Waals surface area contributed by atoms with Crippen molar-refractivity contribution in [3.63, 3.8) is 0 Å². The number of halogens is 1. The van der Waals surface area contributed by atoms with Gasteiger partial charge in [0.2, 0.25) is 0 Å². The van der Waals surface area contributed by atoms with Crippen LogP contribution in [0.4, 0.5) is 0 Å². The molecule has 0 radical (unpaired) electrons. The first-order valence-electron chi connectivity index (χ1n) is 6.82. The van der Waals surface area contributed by atoms with Crippen molar-refractivity contribution in [2.24, 2.45) is 0 Å². The number of nitrogens with zero attached hydrogens (tertiary/aromatic N) is 1. The zero-order valence-corrected chi connectivity index (χ0v) is 12.1. The molecule has 0 fully saturated rings. The maximum absolute atomic E-state index is 12.6. The van der Waals surface area contributed by atoms with Gasteiger partial charge in [-0.15, -0.1) is 11.6 Å². The monoisotopic (exact) mass is 299 g/mol. The Morgan fingerprint density at radius 3 is 1.90 bits per heavy atom. The fourth-order valence-electron chi connectivity index (χ4n) is 2.71. The van der Waals surface area contributed by atoms with Crippen LogP contribution < -0.4 is 0 Å². The molecule has 1 heterocycles. The summed E-state index contributed by atoms with van der Waals surface area (Å²) < 4.78 is 0. The van der Waals surface area contributed by atoms with Gasteiger partial charge in [-0.05, 0) is 24.1 Å². The fourth-order valence-corrected chi connectivity index (χ4v) is 2.92. The smallest absolute Gasteiger partial charge is 0.262 e. The second-order valence-corrected chi connectivity index (χ2v) is 5.31. The van der Waals surface area contributed by atoms with Crippen LogP contribution in [0.2, 0.25) is 0 Å². The second-order valence-electron chi connectivity index (χ2n) is 4.93. The van der Waals surface area contributed by atoms with E-state index in [1.807, 2.05) is 30.3 Å². The third kappa shape index (κ3) is 2.34. The number of carbonyl (C=O) groups is 2. The van der Waals surface area contributed by atoms with Gasteiger partial charge in [0, 0.05) is 5.88 Å². The van der Waals surface area contributed by atoms with Crippen molar-refractivity contribution >= 4 is 23.4 Å². The van der Waals surface area contributed by atoms with Gasteiger partial charge in [0.15, 0.2) is 0 Å². The third-order valence-corrected chi connectivity index (χ3v) is 3.92. The van der Waals surface area contributed by atoms with Crippen molar-refractivity contribution in [2.45, 2.75) is 12.5 Å². The Morgan fingerprint density at radius 2 is 1.38 bits per heavy atom. The van der Waals surface area contributed by atoms with Crippen LogP contribution in [-0.4, -0.2) is 22.6 Å². The highest BCUT2D eigenvalue weighted by Crippen LogP contribution is 2.33. The van der Waals surface area contributed by atoms with Crippen LogP contribution in [0.25, 0.3) is 0 Å². The molecule has 0 N–H and O–H groups in total. The normalized spacial score (nSPS) is 15.2. The molecule has 2 aromatic carbocycles. The number of rotatable bonds is 4. The number of fused-ring (bicyclic) bond motifs is 1. The van der Waals surface area contributed by atoms with Crippen LogP contribution in [0.5, 0.6) is 0 Å². The fraction of sp³-hybridized carbons (Fsp3) is 0.176. The molecule has 1 aliphatic heterocycles. The third-order valence-electron chi connectivity index (χ3n) is 3.70. The van der Waals surface area contributed by atoms with E-state index < -0.39 is 0 Å². The zero-order valence-electron chi connectivity index (χ0n) is 11.3. The summed E-state index contributed by atoms with van der Waals surface area (Å²) in [7, 11) is 0. The number of alkyl halides is 1. The number of amides is 2. The SMILES string of the molecule is O=C1c2ccccc2C(=O)N1C(CCCl)c1ccccc1. The zero-order chi connectivity index (χ0) is 14.8. The molecule has 0 aromatic heterocycles. The van der Waals surface area contributed by atoms with Gasteiger partial charge < -0.3 is 0 Å². The van der Waals surface area contributed by atoms with Gasteiger partial charge >= 0.3 is 0 Å². The van der Waals surface area contributed by atoms with E-state index in [9.17, 15) is 9.59 Å². The van der Waals surface area contributed by atoms with E-state index in [1.165, 1.54) is 4.90 Å². The summed E-state index contributed by atoms with van der Waals surface area (Å²) in [6.45, 7) is 0. The van der Waals surface area contributed by atoms with Crippen LogP contribution in [0.3, 0.4) is 0 Å². The molecular weight excluding hydrogens is 286 g/mol. The van der Waals surface area contributed by atoms with Gasteiger partial charge in [-0.3, -0.25) is 14.5 Å². The molecule has 1 atom stereocenters. The van der Waals surface area contributed by atoms with Crippen molar-refractivity contribution < 1.29 is 9.59 Å². The molecule has 21 heavy (non-hydrogen) atoms. The Hall–Kier alpha value is -2.13. The van der Waals surface area contributed by atoms with Crippen LogP contribution in [0.1, 0.15) is 38.7 Å². The minimum Gasteiger partial charge on any atom is -0.269 e. The molecule has 4 heteroatoms. The maximum Gasteiger partial charge on any atom is 0.262 e. The summed E-state index contributed by atoms with van der Waals surface area (Å²) in [6.07, 6.45) is 0.539. The highest BCUT2D eigenvalue weighted by molar-refractivity contribution is 6.21. The standard InChI is InChI=1S/C17H14ClNO2/c18-11-10-15(12-6-2-1-3-7-12)19-16(20)13-8-4-5-9-14(13)17(19)21/h1-9,15H,10-11H2. The lowest BCUT2D eigenvalue weighted by atomic mass is 10.0. The summed E-state index contributed by atoms with van der Waals surface area (Å²) in [5.74, 6) is -0.100. The van der Waals surface area contributed by atoms with Crippen molar-refractivity contribution in [3.05, 3.63) is 71.3 Å². The molecule has 0 saturated heterocycles. The van der Waals surface area contributed by atoms with E-state index in [4.69, 9.17) is 11.6 Å². The predicted molar refractivity (Wildman–Crippen MR) is 81.5 cm³/mol. The average molecular weight is 300 g/mol. The summed E-state index contributed by atoms with van der Waals surface area (Å²) >= 11 is 5.88. The van der Waals surface area contributed by atoms with Gasteiger partial charge in [-0.1, -0.05) is 42.5 Å². The lowest BCUT2D eigenvalue weighted by Gasteiger charge is -2.26. The molecule has 3 rings (SSSR count). The van der Waals surface area contributed by atoms with Crippen molar-refractivity contribution in [1.29, 1.82) is 0 Å². The van der Waals surface area contributed by atoms with Crippen LogP contribution in [0.15, 0.2) is 54.6 Å². The first-order chi connectivity index (χ1) is 10.2. The number of hydrogen-bond acceptors (Lipinski definition) is 2. The topological polar surface area (TPSA) is 37.4 Å². The minimum absolute atomic E-state index is 0.241. The molecule has 2 aromatic rings. The van der Waals surface area contributed by atoms with Gasteiger partial charge in [0.1, 0.15) is 0 Å². The Bertz CT molecular complexity index is 649. The van der Waals surface area contributed by atoms with E-state index in [2.05, 4.69) is 0 Å². The minimum atomic E-state index is -0.323. The van der Waals surface area contributed by atoms with Crippen LogP contribution >= 0.6 is 11.6 Å². The second kappa shape index (κ2) is 5.70. The van der Waals surface area contributed by atoms with Crippen molar-refractivity contribution in [2.75, 3.05) is 5.88 Å². The first-order valence-corrected chi connectivity index (χ1v) is 7.35. The number of benzene rings is 2. The van der Waals surface area contributed by atoms with Gasteiger partial charge in [-0.2, -0.15) is 0 Å². The van der Waals surface area contributed by atoms with E-state index in [0.717, 1.165) is 5.56 Å². The molecule has 2 amide bonds. The molecule has 0 bridgehead atoms. The summed E-state index contributed by atoms with van der Waals surface area (Å²) in [4.78, 5) is 26.5. The number of carbonyl (C=O) groups excluding carboxylic acids is 2. The van der Waals surface area contributed by atoms with Gasteiger partial charge in [0.25, 0.3) is 11.8 Å². The Balaban J connectivity index is 2.02. The first kappa shape index (κ1) is 13.8. The molecule has 0 saturated carbocycles. The summed E-state index contributed by atoms with van der Waals surface area (Å²) in [6, 6.07) is 16.1. The highest BCUT2D eigenvalue weighted by Gasteiger charge is 2.39. The highest BCUT2D eigenvalue weighted by atomic mass is 35.5. The van der Waals surface area contributed by atoms with E-state index >= 15 is 0 Å². The lowest BCUT2D eigenvalue weighted by Crippen LogP contribution is -2.34. The van der Waals surface area contributed by atoms with Crippen LogP contribution in [0, 0.1) is 0 Å². The van der Waals surface area contributed by atoms with E-state index in [0.29, 0.717) is 23.4 Å².